The molecular formula is C22H28FN3O3S. The maximum absolute atomic E-state index is 13.3. The number of morpholine rings is 1. The number of benzene rings is 1. The first-order valence-electron chi connectivity index (χ1n) is 10.1. The third kappa shape index (κ3) is 6.90. The number of carbonyl (C=O) groups excluding carboxylic acids is 2. The number of hydrogen-bond acceptors (Lipinski definition) is 5. The summed E-state index contributed by atoms with van der Waals surface area (Å²) in [6.45, 7) is 6.67. The lowest BCUT2D eigenvalue weighted by molar-refractivity contribution is -0.140. The van der Waals surface area contributed by atoms with Crippen LogP contribution in [0.5, 0.6) is 0 Å². The Kier molecular flexibility index (Phi) is 8.36. The molecule has 1 fully saturated rings. The lowest BCUT2D eigenvalue weighted by Crippen LogP contribution is -2.46. The van der Waals surface area contributed by atoms with Gasteiger partial charge in [0.05, 0.1) is 26.3 Å². The Morgan fingerprint density at radius 2 is 1.83 bits per heavy atom. The van der Waals surface area contributed by atoms with Crippen LogP contribution >= 0.6 is 11.3 Å². The van der Waals surface area contributed by atoms with Crippen LogP contribution in [-0.4, -0.2) is 72.5 Å². The van der Waals surface area contributed by atoms with Crippen LogP contribution in [0.1, 0.15) is 17.4 Å². The minimum absolute atomic E-state index is 0.0340. The van der Waals surface area contributed by atoms with Gasteiger partial charge in [-0.05, 0) is 29.1 Å². The van der Waals surface area contributed by atoms with Crippen LogP contribution in [0, 0.1) is 5.82 Å². The Bertz CT molecular complexity index is 808. The zero-order chi connectivity index (χ0) is 21.3. The van der Waals surface area contributed by atoms with Gasteiger partial charge in [-0.3, -0.25) is 14.5 Å². The summed E-state index contributed by atoms with van der Waals surface area (Å²) in [5.41, 5.74) is 0.851. The third-order valence-electron chi connectivity index (χ3n) is 5.13. The molecule has 0 atom stereocenters. The molecule has 1 aromatic heterocycles. The summed E-state index contributed by atoms with van der Waals surface area (Å²) < 4.78 is 18.6. The molecule has 3 rings (SSSR count). The minimum atomic E-state index is -0.305. The molecule has 0 spiro atoms. The van der Waals surface area contributed by atoms with Crippen molar-refractivity contribution in [2.24, 2.45) is 0 Å². The predicted octanol–water partition coefficient (Wildman–Crippen LogP) is 2.60. The monoisotopic (exact) mass is 433 g/mol. The number of ether oxygens (including phenoxy) is 1. The summed E-state index contributed by atoms with van der Waals surface area (Å²) in [7, 11) is 0. The largest absolute Gasteiger partial charge is 0.379 e. The molecule has 1 aliphatic heterocycles. The summed E-state index contributed by atoms with van der Waals surface area (Å²) in [5, 5.41) is 1.97. The van der Waals surface area contributed by atoms with Crippen LogP contribution in [-0.2, 0) is 27.4 Å². The topological polar surface area (TPSA) is 53.1 Å². The van der Waals surface area contributed by atoms with Gasteiger partial charge in [0.15, 0.2) is 0 Å². The first-order valence-corrected chi connectivity index (χ1v) is 11.0. The molecule has 2 heterocycles. The van der Waals surface area contributed by atoms with Crippen LogP contribution < -0.4 is 0 Å². The van der Waals surface area contributed by atoms with Gasteiger partial charge in [-0.25, -0.2) is 4.39 Å². The van der Waals surface area contributed by atoms with Crippen molar-refractivity contribution in [3.05, 3.63) is 58.0 Å². The summed E-state index contributed by atoms with van der Waals surface area (Å²) >= 11 is 1.58. The average molecular weight is 434 g/mol. The van der Waals surface area contributed by atoms with Gasteiger partial charge in [0.2, 0.25) is 11.8 Å². The highest BCUT2D eigenvalue weighted by Crippen LogP contribution is 2.16. The fraction of sp³-hybridized carbons (Fsp3) is 0.455. The molecule has 162 valence electrons. The van der Waals surface area contributed by atoms with Gasteiger partial charge in [0.1, 0.15) is 5.82 Å². The fourth-order valence-corrected chi connectivity index (χ4v) is 4.05. The quantitative estimate of drug-likeness (QED) is 0.610. The molecule has 8 heteroatoms. The third-order valence-corrected chi connectivity index (χ3v) is 5.99. The van der Waals surface area contributed by atoms with E-state index in [1.54, 1.807) is 33.3 Å². The van der Waals surface area contributed by atoms with Crippen LogP contribution in [0.15, 0.2) is 41.8 Å². The van der Waals surface area contributed by atoms with Crippen LogP contribution in [0.4, 0.5) is 4.39 Å². The number of carbonyl (C=O) groups is 2. The van der Waals surface area contributed by atoms with E-state index in [0.717, 1.165) is 30.1 Å². The molecule has 1 aromatic carbocycles. The van der Waals surface area contributed by atoms with E-state index in [9.17, 15) is 14.0 Å². The van der Waals surface area contributed by atoms with Crippen LogP contribution in [0.3, 0.4) is 0 Å². The van der Waals surface area contributed by atoms with Gasteiger partial charge in [-0.1, -0.05) is 18.2 Å². The van der Waals surface area contributed by atoms with E-state index in [4.69, 9.17) is 4.74 Å². The molecule has 6 nitrogen and oxygen atoms in total. The highest BCUT2D eigenvalue weighted by atomic mass is 32.1. The number of nitrogens with zero attached hydrogens (tertiary/aromatic N) is 3. The molecule has 0 aliphatic carbocycles. The molecular weight excluding hydrogens is 405 g/mol. The van der Waals surface area contributed by atoms with Gasteiger partial charge in [0, 0.05) is 44.5 Å². The van der Waals surface area contributed by atoms with E-state index >= 15 is 0 Å². The Labute approximate surface area is 180 Å². The molecule has 1 saturated heterocycles. The second-order valence-electron chi connectivity index (χ2n) is 7.35. The second-order valence-corrected chi connectivity index (χ2v) is 8.38. The Morgan fingerprint density at radius 1 is 1.10 bits per heavy atom. The highest BCUT2D eigenvalue weighted by molar-refractivity contribution is 7.09. The van der Waals surface area contributed by atoms with Gasteiger partial charge < -0.3 is 14.5 Å². The average Bonchev–Trinajstić information content (AvgIpc) is 3.25. The van der Waals surface area contributed by atoms with Crippen LogP contribution in [0.2, 0.25) is 0 Å². The summed E-state index contributed by atoms with van der Waals surface area (Å²) in [5.74, 6) is -0.542. The van der Waals surface area contributed by atoms with Crippen molar-refractivity contribution in [1.29, 1.82) is 0 Å². The van der Waals surface area contributed by atoms with Crippen molar-refractivity contribution in [1.82, 2.24) is 14.7 Å². The molecule has 0 bridgehead atoms. The summed E-state index contributed by atoms with van der Waals surface area (Å²) in [6.07, 6.45) is 0. The Morgan fingerprint density at radius 3 is 2.47 bits per heavy atom. The molecule has 0 radical (unpaired) electrons. The van der Waals surface area contributed by atoms with Gasteiger partial charge in [-0.15, -0.1) is 11.3 Å². The standard InChI is InChI=1S/C22H28FN3O3S/c1-18(27)25(9-8-24-10-12-29-13-11-24)17-22(28)26(16-21-3-2-14-30-21)15-19-4-6-20(23)7-5-19/h2-7,14H,8-13,15-17H2,1H3. The lowest BCUT2D eigenvalue weighted by Gasteiger charge is -2.31. The van der Waals surface area contributed by atoms with E-state index in [0.29, 0.717) is 32.8 Å². The first kappa shape index (κ1) is 22.4. The predicted molar refractivity (Wildman–Crippen MR) is 114 cm³/mol. The number of rotatable bonds is 9. The zero-order valence-corrected chi connectivity index (χ0v) is 18.1. The van der Waals surface area contributed by atoms with Crippen molar-refractivity contribution in [2.45, 2.75) is 20.0 Å². The number of halogens is 1. The van der Waals surface area contributed by atoms with Crippen molar-refractivity contribution in [3.8, 4) is 0 Å². The van der Waals surface area contributed by atoms with E-state index in [-0.39, 0.29) is 24.2 Å². The van der Waals surface area contributed by atoms with Crippen molar-refractivity contribution in [3.63, 3.8) is 0 Å². The van der Waals surface area contributed by atoms with E-state index in [2.05, 4.69) is 4.90 Å². The van der Waals surface area contributed by atoms with Crippen molar-refractivity contribution >= 4 is 23.2 Å². The minimum Gasteiger partial charge on any atom is -0.379 e. The highest BCUT2D eigenvalue weighted by Gasteiger charge is 2.21. The lowest BCUT2D eigenvalue weighted by atomic mass is 10.2. The number of hydrogen-bond donors (Lipinski definition) is 0. The smallest absolute Gasteiger partial charge is 0.242 e. The normalized spacial score (nSPS) is 14.5. The maximum atomic E-state index is 13.3. The van der Waals surface area contributed by atoms with E-state index in [1.807, 2.05) is 17.5 Å². The summed E-state index contributed by atoms with van der Waals surface area (Å²) in [4.78, 5) is 31.9. The maximum Gasteiger partial charge on any atom is 0.242 e. The molecule has 0 N–H and O–H groups in total. The van der Waals surface area contributed by atoms with Gasteiger partial charge >= 0.3 is 0 Å². The van der Waals surface area contributed by atoms with Crippen LogP contribution in [0.25, 0.3) is 0 Å². The Balaban J connectivity index is 1.64. The SMILES string of the molecule is CC(=O)N(CCN1CCOCC1)CC(=O)N(Cc1ccc(F)cc1)Cc1cccs1. The van der Waals surface area contributed by atoms with Crippen molar-refractivity contribution in [2.75, 3.05) is 45.9 Å². The fourth-order valence-electron chi connectivity index (χ4n) is 3.33. The van der Waals surface area contributed by atoms with Gasteiger partial charge in [-0.2, -0.15) is 0 Å². The van der Waals surface area contributed by atoms with Gasteiger partial charge in [0.25, 0.3) is 0 Å². The first-order chi connectivity index (χ1) is 14.5. The molecule has 0 saturated carbocycles. The molecule has 2 amide bonds. The number of thiophene rings is 1. The molecule has 0 unspecified atom stereocenters. The number of amides is 2. The second kappa shape index (κ2) is 11.2. The zero-order valence-electron chi connectivity index (χ0n) is 17.3. The molecule has 30 heavy (non-hydrogen) atoms. The van der Waals surface area contributed by atoms with E-state index in [1.165, 1.54) is 19.1 Å². The molecule has 2 aromatic rings. The molecule has 1 aliphatic rings. The Hall–Kier alpha value is -2.29. The van der Waals surface area contributed by atoms with Crippen molar-refractivity contribution < 1.29 is 18.7 Å². The summed E-state index contributed by atoms with van der Waals surface area (Å²) in [6, 6.07) is 10.1. The van der Waals surface area contributed by atoms with E-state index < -0.39 is 0 Å².